The Bertz CT molecular complexity index is 486. The number of halogens is 1. The third kappa shape index (κ3) is 2.59. The van der Waals surface area contributed by atoms with Crippen LogP contribution in [0.1, 0.15) is 24.0 Å². The van der Waals surface area contributed by atoms with Crippen molar-refractivity contribution in [3.8, 4) is 0 Å². The number of nitrogens with zero attached hydrogens (tertiary/aromatic N) is 1. The van der Waals surface area contributed by atoms with Crippen molar-refractivity contribution in [1.82, 2.24) is 0 Å². The summed E-state index contributed by atoms with van der Waals surface area (Å²) in [6.07, 6.45) is 2.79. The topological polar surface area (TPSA) is 24.4 Å². The molecule has 1 saturated carbocycles. The van der Waals surface area contributed by atoms with Gasteiger partial charge in [-0.1, -0.05) is 17.8 Å². The fraction of sp³-hybridized carbons (Fsp3) is 0.500. The van der Waals surface area contributed by atoms with Crippen LogP contribution in [0.3, 0.4) is 0 Å². The molecule has 1 aliphatic carbocycles. The molecule has 1 atom stereocenters. The highest BCUT2D eigenvalue weighted by molar-refractivity contribution is 9.10. The van der Waals surface area contributed by atoms with E-state index in [1.807, 2.05) is 11.8 Å². The van der Waals surface area contributed by atoms with Crippen LogP contribution in [0.15, 0.2) is 21.6 Å². The van der Waals surface area contributed by atoms with Gasteiger partial charge < -0.3 is 5.32 Å². The Morgan fingerprint density at radius 2 is 2.11 bits per heavy atom. The number of aryl methyl sites for hydroxylation is 2. The molecule has 1 fully saturated rings. The summed E-state index contributed by atoms with van der Waals surface area (Å²) in [7, 11) is 0. The third-order valence-electron chi connectivity index (χ3n) is 3.49. The zero-order valence-electron chi connectivity index (χ0n) is 10.7. The van der Waals surface area contributed by atoms with Crippen LogP contribution < -0.4 is 5.32 Å². The first-order valence-corrected chi connectivity index (χ1v) is 8.05. The molecule has 96 valence electrons. The molecule has 0 aromatic heterocycles. The summed E-state index contributed by atoms with van der Waals surface area (Å²) >= 11 is 5.55. The summed E-state index contributed by atoms with van der Waals surface area (Å²) in [6.45, 7) is 5.24. The third-order valence-corrected chi connectivity index (χ3v) is 5.41. The highest BCUT2D eigenvalue weighted by atomic mass is 79.9. The second-order valence-corrected chi connectivity index (χ2v) is 7.29. The SMILES string of the molecule is Cc1cc(C)c(NC2=NCC(C3CC3)S2)c(Br)c1. The van der Waals surface area contributed by atoms with Crippen molar-refractivity contribution >= 4 is 38.5 Å². The van der Waals surface area contributed by atoms with Crippen LogP contribution in [-0.2, 0) is 0 Å². The number of nitrogens with one attached hydrogen (secondary N) is 1. The normalized spacial score (nSPS) is 23.1. The Morgan fingerprint density at radius 3 is 2.78 bits per heavy atom. The van der Waals surface area contributed by atoms with E-state index in [0.29, 0.717) is 0 Å². The molecule has 1 aromatic carbocycles. The first-order chi connectivity index (χ1) is 8.63. The molecule has 1 heterocycles. The van der Waals surface area contributed by atoms with Gasteiger partial charge in [-0.2, -0.15) is 0 Å². The zero-order valence-corrected chi connectivity index (χ0v) is 13.1. The van der Waals surface area contributed by atoms with Crippen LogP contribution in [0.2, 0.25) is 0 Å². The number of aliphatic imine (C=N–C) groups is 1. The lowest BCUT2D eigenvalue weighted by molar-refractivity contribution is 0.773. The maximum atomic E-state index is 4.63. The molecule has 2 aliphatic rings. The van der Waals surface area contributed by atoms with E-state index in [1.165, 1.54) is 24.0 Å². The smallest absolute Gasteiger partial charge is 0.161 e. The molecule has 1 N–H and O–H groups in total. The van der Waals surface area contributed by atoms with Crippen molar-refractivity contribution < 1.29 is 0 Å². The molecule has 4 heteroatoms. The molecule has 3 rings (SSSR count). The molecule has 2 nitrogen and oxygen atoms in total. The number of thioether (sulfide) groups is 1. The average Bonchev–Trinajstić information content (AvgIpc) is 3.04. The summed E-state index contributed by atoms with van der Waals surface area (Å²) in [5, 5.41) is 5.29. The van der Waals surface area contributed by atoms with Gasteiger partial charge in [0.2, 0.25) is 0 Å². The van der Waals surface area contributed by atoms with Gasteiger partial charge in [0, 0.05) is 9.72 Å². The summed E-state index contributed by atoms with van der Waals surface area (Å²) in [4.78, 5) is 4.63. The lowest BCUT2D eigenvalue weighted by Crippen LogP contribution is -2.10. The number of amidine groups is 1. The maximum absolute atomic E-state index is 4.63. The number of hydrogen-bond acceptors (Lipinski definition) is 3. The van der Waals surface area contributed by atoms with Crippen molar-refractivity contribution in [2.24, 2.45) is 10.9 Å². The molecular weight excluding hydrogens is 308 g/mol. The van der Waals surface area contributed by atoms with Crippen LogP contribution in [0.4, 0.5) is 5.69 Å². The predicted molar refractivity (Wildman–Crippen MR) is 83.6 cm³/mol. The minimum absolute atomic E-state index is 0.719. The Kier molecular flexibility index (Phi) is 3.41. The van der Waals surface area contributed by atoms with Crippen LogP contribution >= 0.6 is 27.7 Å². The van der Waals surface area contributed by atoms with Gasteiger partial charge in [-0.15, -0.1) is 0 Å². The van der Waals surface area contributed by atoms with E-state index in [-0.39, 0.29) is 0 Å². The van der Waals surface area contributed by atoms with Gasteiger partial charge in [0.05, 0.1) is 12.2 Å². The van der Waals surface area contributed by atoms with Crippen molar-refractivity contribution in [3.05, 3.63) is 27.7 Å². The summed E-state index contributed by atoms with van der Waals surface area (Å²) in [5.41, 5.74) is 3.70. The monoisotopic (exact) mass is 324 g/mol. The molecule has 0 saturated heterocycles. The minimum Gasteiger partial charge on any atom is -0.334 e. The van der Waals surface area contributed by atoms with Crippen LogP contribution in [0, 0.1) is 19.8 Å². The summed E-state index contributed by atoms with van der Waals surface area (Å²) < 4.78 is 1.12. The van der Waals surface area contributed by atoms with Gasteiger partial charge in [0.15, 0.2) is 5.17 Å². The number of benzene rings is 1. The molecule has 1 unspecified atom stereocenters. The van der Waals surface area contributed by atoms with Gasteiger partial charge in [-0.05, 0) is 65.7 Å². The Morgan fingerprint density at radius 1 is 1.33 bits per heavy atom. The zero-order chi connectivity index (χ0) is 12.7. The largest absolute Gasteiger partial charge is 0.334 e. The number of hydrogen-bond donors (Lipinski definition) is 1. The van der Waals surface area contributed by atoms with Gasteiger partial charge >= 0.3 is 0 Å². The molecule has 0 spiro atoms. The van der Waals surface area contributed by atoms with Crippen LogP contribution in [0.5, 0.6) is 0 Å². The van der Waals surface area contributed by atoms with E-state index in [0.717, 1.165) is 33.0 Å². The van der Waals surface area contributed by atoms with Crippen LogP contribution in [-0.4, -0.2) is 17.0 Å². The molecule has 1 aromatic rings. The lowest BCUT2D eigenvalue weighted by Gasteiger charge is -2.13. The van der Waals surface area contributed by atoms with Crippen molar-refractivity contribution in [2.45, 2.75) is 31.9 Å². The second-order valence-electron chi connectivity index (χ2n) is 5.20. The van der Waals surface area contributed by atoms with Crippen LogP contribution in [0.25, 0.3) is 0 Å². The summed E-state index contributed by atoms with van der Waals surface area (Å²) in [6, 6.07) is 4.35. The predicted octanol–water partition coefficient (Wildman–Crippen LogP) is 4.36. The highest BCUT2D eigenvalue weighted by Crippen LogP contribution is 2.42. The van der Waals surface area contributed by atoms with Gasteiger partial charge in [0.25, 0.3) is 0 Å². The van der Waals surface area contributed by atoms with Crippen molar-refractivity contribution in [3.63, 3.8) is 0 Å². The van der Waals surface area contributed by atoms with E-state index >= 15 is 0 Å². The minimum atomic E-state index is 0.719. The number of rotatable bonds is 2. The first kappa shape index (κ1) is 12.5. The lowest BCUT2D eigenvalue weighted by atomic mass is 10.1. The maximum Gasteiger partial charge on any atom is 0.161 e. The van der Waals surface area contributed by atoms with E-state index in [2.05, 4.69) is 52.2 Å². The highest BCUT2D eigenvalue weighted by Gasteiger charge is 2.35. The van der Waals surface area contributed by atoms with E-state index < -0.39 is 0 Å². The fourth-order valence-corrected chi connectivity index (χ4v) is 4.34. The fourth-order valence-electron chi connectivity index (χ4n) is 2.35. The molecule has 1 aliphatic heterocycles. The van der Waals surface area contributed by atoms with Gasteiger partial charge in [-0.3, -0.25) is 4.99 Å². The van der Waals surface area contributed by atoms with E-state index in [4.69, 9.17) is 0 Å². The molecule has 18 heavy (non-hydrogen) atoms. The molecule has 0 bridgehead atoms. The van der Waals surface area contributed by atoms with Crippen molar-refractivity contribution in [1.29, 1.82) is 0 Å². The second kappa shape index (κ2) is 4.89. The van der Waals surface area contributed by atoms with Gasteiger partial charge in [0.1, 0.15) is 0 Å². The molecular formula is C14H17BrN2S. The Labute approximate surface area is 121 Å². The summed E-state index contributed by atoms with van der Waals surface area (Å²) in [5.74, 6) is 0.917. The van der Waals surface area contributed by atoms with E-state index in [9.17, 15) is 0 Å². The van der Waals surface area contributed by atoms with E-state index in [1.54, 1.807) is 0 Å². The molecule has 0 amide bonds. The standard InChI is InChI=1S/C14H17BrN2S/c1-8-5-9(2)13(11(15)6-8)17-14-16-7-12(18-14)10-3-4-10/h5-6,10,12H,3-4,7H2,1-2H3,(H,16,17). The Hall–Kier alpha value is -0.480. The molecule has 0 radical (unpaired) electrons. The quantitative estimate of drug-likeness (QED) is 0.874. The van der Waals surface area contributed by atoms with Gasteiger partial charge in [-0.25, -0.2) is 0 Å². The Balaban J connectivity index is 1.73. The number of anilines is 1. The first-order valence-electron chi connectivity index (χ1n) is 6.38. The average molecular weight is 325 g/mol. The van der Waals surface area contributed by atoms with Crippen molar-refractivity contribution in [2.75, 3.05) is 11.9 Å².